The van der Waals surface area contributed by atoms with Crippen LogP contribution in [0.2, 0.25) is 0 Å². The van der Waals surface area contributed by atoms with Gasteiger partial charge in [-0.05, 0) is 37.1 Å². The van der Waals surface area contributed by atoms with Gasteiger partial charge in [-0.1, -0.05) is 18.6 Å². The Hall–Kier alpha value is -1.02. The summed E-state index contributed by atoms with van der Waals surface area (Å²) in [5.41, 5.74) is 2.60. The molecular weight excluding hydrogens is 172 g/mol. The van der Waals surface area contributed by atoms with Gasteiger partial charge in [0.25, 0.3) is 0 Å². The Bertz CT molecular complexity index is 273. The molecule has 76 valence electrons. The maximum atomic E-state index is 3.55. The van der Waals surface area contributed by atoms with E-state index in [2.05, 4.69) is 34.9 Å². The number of nitrogens with one attached hydrogen (secondary N) is 2. The Morgan fingerprint density at radius 3 is 2.57 bits per heavy atom. The van der Waals surface area contributed by atoms with Crippen LogP contribution in [0.3, 0.4) is 0 Å². The number of hydrogen-bond acceptors (Lipinski definition) is 2. The van der Waals surface area contributed by atoms with Crippen LogP contribution in [0.4, 0.5) is 5.69 Å². The number of benzene rings is 1. The minimum absolute atomic E-state index is 0.578. The van der Waals surface area contributed by atoms with Crippen LogP contribution in [0.1, 0.15) is 30.9 Å². The molecule has 1 heterocycles. The molecule has 1 saturated heterocycles. The van der Waals surface area contributed by atoms with Gasteiger partial charge >= 0.3 is 0 Å². The highest BCUT2D eigenvalue weighted by Crippen LogP contribution is 2.23. The van der Waals surface area contributed by atoms with Crippen molar-refractivity contribution in [2.75, 3.05) is 18.9 Å². The average molecular weight is 190 g/mol. The molecule has 0 spiro atoms. The maximum Gasteiger partial charge on any atom is 0.0337 e. The van der Waals surface area contributed by atoms with Gasteiger partial charge < -0.3 is 10.6 Å². The van der Waals surface area contributed by atoms with E-state index in [1.54, 1.807) is 0 Å². The molecule has 1 fully saturated rings. The molecular formula is C12H18N2. The number of rotatable bonds is 2. The topological polar surface area (TPSA) is 24.1 Å². The molecule has 0 aliphatic carbocycles. The van der Waals surface area contributed by atoms with Crippen LogP contribution in [0.15, 0.2) is 24.3 Å². The van der Waals surface area contributed by atoms with Crippen LogP contribution in [-0.2, 0) is 0 Å². The largest absolute Gasteiger partial charge is 0.388 e. The summed E-state index contributed by atoms with van der Waals surface area (Å²) in [6.45, 7) is 1.17. The predicted molar refractivity (Wildman–Crippen MR) is 60.6 cm³/mol. The van der Waals surface area contributed by atoms with Crippen LogP contribution >= 0.6 is 0 Å². The van der Waals surface area contributed by atoms with E-state index in [1.807, 2.05) is 7.05 Å². The minimum atomic E-state index is 0.578. The molecule has 0 aromatic heterocycles. The molecule has 1 aliphatic heterocycles. The highest BCUT2D eigenvalue weighted by atomic mass is 14.9. The zero-order chi connectivity index (χ0) is 9.80. The van der Waals surface area contributed by atoms with Crippen molar-refractivity contribution < 1.29 is 0 Å². The predicted octanol–water partition coefficient (Wildman–Crippen LogP) is 2.54. The summed E-state index contributed by atoms with van der Waals surface area (Å²) in [6, 6.07) is 9.30. The average Bonchev–Trinajstić information content (AvgIpc) is 2.30. The molecule has 0 bridgehead atoms. The fraction of sp³-hybridized carbons (Fsp3) is 0.500. The molecule has 2 N–H and O–H groups in total. The molecule has 1 aromatic rings. The van der Waals surface area contributed by atoms with Gasteiger partial charge in [0.2, 0.25) is 0 Å². The Labute approximate surface area is 85.7 Å². The molecule has 14 heavy (non-hydrogen) atoms. The van der Waals surface area contributed by atoms with Gasteiger partial charge in [0, 0.05) is 18.8 Å². The lowest BCUT2D eigenvalue weighted by Crippen LogP contribution is -2.26. The van der Waals surface area contributed by atoms with Gasteiger partial charge in [-0.15, -0.1) is 0 Å². The standard InChI is InChI=1S/C12H18N2/c1-13-11-7-5-10(6-8-11)12-4-2-3-9-14-12/h5-8,12-14H,2-4,9H2,1H3/t12-/m0/s1. The molecule has 2 nitrogen and oxygen atoms in total. The fourth-order valence-electron chi connectivity index (χ4n) is 2.02. The van der Waals surface area contributed by atoms with E-state index in [1.165, 1.54) is 37.1 Å². The molecule has 0 saturated carbocycles. The van der Waals surface area contributed by atoms with E-state index in [9.17, 15) is 0 Å². The SMILES string of the molecule is CNc1ccc([C@@H]2CCCCN2)cc1. The van der Waals surface area contributed by atoms with Crippen molar-refractivity contribution in [1.82, 2.24) is 5.32 Å². The van der Waals surface area contributed by atoms with Gasteiger partial charge in [0.05, 0.1) is 0 Å². The lowest BCUT2D eigenvalue weighted by Gasteiger charge is -2.23. The van der Waals surface area contributed by atoms with Crippen molar-refractivity contribution in [2.24, 2.45) is 0 Å². The molecule has 0 radical (unpaired) electrons. The lowest BCUT2D eigenvalue weighted by molar-refractivity contribution is 0.412. The van der Waals surface area contributed by atoms with Gasteiger partial charge in [0.15, 0.2) is 0 Å². The summed E-state index contributed by atoms with van der Waals surface area (Å²) < 4.78 is 0. The third-order valence-corrected chi connectivity index (χ3v) is 2.91. The second-order valence-corrected chi connectivity index (χ2v) is 3.87. The zero-order valence-corrected chi connectivity index (χ0v) is 8.72. The summed E-state index contributed by atoms with van der Waals surface area (Å²) >= 11 is 0. The van der Waals surface area contributed by atoms with Crippen molar-refractivity contribution >= 4 is 5.69 Å². The highest BCUT2D eigenvalue weighted by molar-refractivity contribution is 5.44. The first-order valence-corrected chi connectivity index (χ1v) is 5.41. The number of hydrogen-bond donors (Lipinski definition) is 2. The van der Waals surface area contributed by atoms with E-state index in [0.717, 1.165) is 0 Å². The summed E-state index contributed by atoms with van der Waals surface area (Å²) in [7, 11) is 1.95. The van der Waals surface area contributed by atoms with Crippen LogP contribution in [-0.4, -0.2) is 13.6 Å². The second kappa shape index (κ2) is 4.47. The van der Waals surface area contributed by atoms with Crippen molar-refractivity contribution in [3.63, 3.8) is 0 Å². The fourth-order valence-corrected chi connectivity index (χ4v) is 2.02. The van der Waals surface area contributed by atoms with Crippen molar-refractivity contribution in [1.29, 1.82) is 0 Å². The monoisotopic (exact) mass is 190 g/mol. The first-order valence-electron chi connectivity index (χ1n) is 5.41. The molecule has 1 atom stereocenters. The van der Waals surface area contributed by atoms with Crippen LogP contribution < -0.4 is 10.6 Å². The van der Waals surface area contributed by atoms with Crippen molar-refractivity contribution in [3.05, 3.63) is 29.8 Å². The van der Waals surface area contributed by atoms with Gasteiger partial charge in [-0.3, -0.25) is 0 Å². The smallest absolute Gasteiger partial charge is 0.0337 e. The van der Waals surface area contributed by atoms with E-state index >= 15 is 0 Å². The Kier molecular flexibility index (Phi) is 3.04. The normalized spacial score (nSPS) is 21.9. The summed E-state index contributed by atoms with van der Waals surface area (Å²) in [5, 5.41) is 6.69. The van der Waals surface area contributed by atoms with Gasteiger partial charge in [0.1, 0.15) is 0 Å². The van der Waals surface area contributed by atoms with Crippen molar-refractivity contribution in [2.45, 2.75) is 25.3 Å². The zero-order valence-electron chi connectivity index (χ0n) is 8.72. The first-order chi connectivity index (χ1) is 6.90. The summed E-state index contributed by atoms with van der Waals surface area (Å²) in [4.78, 5) is 0. The number of piperidine rings is 1. The molecule has 0 unspecified atom stereocenters. The Morgan fingerprint density at radius 2 is 2.00 bits per heavy atom. The van der Waals surface area contributed by atoms with Crippen LogP contribution in [0.25, 0.3) is 0 Å². The van der Waals surface area contributed by atoms with E-state index in [0.29, 0.717) is 6.04 Å². The first kappa shape index (κ1) is 9.53. The third-order valence-electron chi connectivity index (χ3n) is 2.91. The van der Waals surface area contributed by atoms with Gasteiger partial charge in [-0.25, -0.2) is 0 Å². The highest BCUT2D eigenvalue weighted by Gasteiger charge is 2.13. The van der Waals surface area contributed by atoms with Crippen molar-refractivity contribution in [3.8, 4) is 0 Å². The van der Waals surface area contributed by atoms with E-state index in [-0.39, 0.29) is 0 Å². The Morgan fingerprint density at radius 1 is 1.21 bits per heavy atom. The molecule has 2 heteroatoms. The van der Waals surface area contributed by atoms with Gasteiger partial charge in [-0.2, -0.15) is 0 Å². The summed E-state index contributed by atoms with van der Waals surface area (Å²) in [6.07, 6.45) is 3.95. The van der Waals surface area contributed by atoms with Crippen LogP contribution in [0, 0.1) is 0 Å². The van der Waals surface area contributed by atoms with E-state index in [4.69, 9.17) is 0 Å². The summed E-state index contributed by atoms with van der Waals surface area (Å²) in [5.74, 6) is 0. The second-order valence-electron chi connectivity index (χ2n) is 3.87. The lowest BCUT2D eigenvalue weighted by atomic mass is 9.97. The number of anilines is 1. The maximum absolute atomic E-state index is 3.55. The quantitative estimate of drug-likeness (QED) is 0.749. The Balaban J connectivity index is 2.07. The minimum Gasteiger partial charge on any atom is -0.388 e. The third kappa shape index (κ3) is 2.07. The molecule has 1 aromatic carbocycles. The van der Waals surface area contributed by atoms with Crippen LogP contribution in [0.5, 0.6) is 0 Å². The molecule has 2 rings (SSSR count). The molecule has 0 amide bonds. The molecule has 1 aliphatic rings. The van der Waals surface area contributed by atoms with E-state index < -0.39 is 0 Å².